The maximum atomic E-state index is 12.5. The zero-order valence-electron chi connectivity index (χ0n) is 44.9. The molecular weight excluding hydrogens is 827 g/mol. The molecule has 1 amide bonds. The Bertz CT molecular complexity index is 1090. The zero-order valence-corrected chi connectivity index (χ0v) is 44.9. The van der Waals surface area contributed by atoms with Crippen LogP contribution in [0.1, 0.15) is 316 Å². The van der Waals surface area contributed by atoms with Gasteiger partial charge in [-0.25, -0.2) is 0 Å². The maximum absolute atomic E-state index is 12.5. The highest BCUT2D eigenvalue weighted by molar-refractivity contribution is 5.76. The van der Waals surface area contributed by atoms with Gasteiger partial charge >= 0.3 is 5.97 Å². The molecule has 0 saturated carbocycles. The number of carbonyl (C=O) groups excluding carboxylic acids is 2. The second-order valence-corrected chi connectivity index (χ2v) is 20.3. The van der Waals surface area contributed by atoms with Crippen LogP contribution in [0.25, 0.3) is 0 Å². The van der Waals surface area contributed by atoms with Crippen LogP contribution in [0.2, 0.25) is 0 Å². The smallest absolute Gasteiger partial charge is 0.305 e. The lowest BCUT2D eigenvalue weighted by Gasteiger charge is -2.20. The topological polar surface area (TPSA) is 95.9 Å². The molecule has 0 saturated heterocycles. The van der Waals surface area contributed by atoms with Crippen molar-refractivity contribution in [2.75, 3.05) is 13.2 Å². The number of hydrogen-bond acceptors (Lipinski definition) is 5. The molecule has 67 heavy (non-hydrogen) atoms. The Morgan fingerprint density at radius 2 is 0.701 bits per heavy atom. The van der Waals surface area contributed by atoms with Crippen LogP contribution in [0.15, 0.2) is 36.5 Å². The molecule has 2 atom stereocenters. The number of nitrogens with one attached hydrogen (secondary N) is 1. The predicted molar refractivity (Wildman–Crippen MR) is 292 cm³/mol. The SMILES string of the molecule is CCCCCCCC/C=C\CCCCCCCCCC(=O)OCCCCCCCC/C=C\CCCCCCCCCC(=O)NC(CO)C(O)/C=C/CCCCCCCCCCCCCCCC. The van der Waals surface area contributed by atoms with Gasteiger partial charge in [-0.15, -0.1) is 0 Å². The van der Waals surface area contributed by atoms with Crippen molar-refractivity contribution in [3.05, 3.63) is 36.5 Å². The van der Waals surface area contributed by atoms with Gasteiger partial charge in [-0.2, -0.15) is 0 Å². The third-order valence-corrected chi connectivity index (χ3v) is 13.6. The van der Waals surface area contributed by atoms with E-state index in [2.05, 4.69) is 43.5 Å². The summed E-state index contributed by atoms with van der Waals surface area (Å²) in [6.07, 6.45) is 70.2. The average Bonchev–Trinajstić information content (AvgIpc) is 3.33. The molecule has 0 aromatic rings. The van der Waals surface area contributed by atoms with E-state index < -0.39 is 12.1 Å². The van der Waals surface area contributed by atoms with Crippen molar-refractivity contribution in [2.45, 2.75) is 328 Å². The third kappa shape index (κ3) is 53.3. The van der Waals surface area contributed by atoms with Crippen LogP contribution in [-0.4, -0.2) is 47.4 Å². The molecule has 0 aromatic carbocycles. The van der Waals surface area contributed by atoms with Crippen molar-refractivity contribution < 1.29 is 24.5 Å². The number of rotatable bonds is 55. The first-order valence-electron chi connectivity index (χ1n) is 29.8. The van der Waals surface area contributed by atoms with E-state index in [4.69, 9.17) is 4.74 Å². The summed E-state index contributed by atoms with van der Waals surface area (Å²) in [5.41, 5.74) is 0. The van der Waals surface area contributed by atoms with Gasteiger partial charge in [0.15, 0.2) is 0 Å². The van der Waals surface area contributed by atoms with Gasteiger partial charge in [0.1, 0.15) is 0 Å². The Hall–Kier alpha value is -1.92. The van der Waals surface area contributed by atoms with Gasteiger partial charge in [0.05, 0.1) is 25.4 Å². The van der Waals surface area contributed by atoms with E-state index >= 15 is 0 Å². The summed E-state index contributed by atoms with van der Waals surface area (Å²) in [7, 11) is 0. The van der Waals surface area contributed by atoms with Crippen molar-refractivity contribution in [3.8, 4) is 0 Å². The third-order valence-electron chi connectivity index (χ3n) is 13.6. The van der Waals surface area contributed by atoms with E-state index in [1.165, 1.54) is 231 Å². The molecule has 0 rings (SSSR count). The van der Waals surface area contributed by atoms with E-state index in [0.29, 0.717) is 19.4 Å². The molecule has 6 heteroatoms. The van der Waals surface area contributed by atoms with Gasteiger partial charge in [-0.05, 0) is 83.5 Å². The number of aliphatic hydroxyl groups is 2. The number of unbranched alkanes of at least 4 members (excludes halogenated alkanes) is 40. The fourth-order valence-corrected chi connectivity index (χ4v) is 9.03. The molecule has 0 aliphatic rings. The molecule has 0 aliphatic heterocycles. The van der Waals surface area contributed by atoms with Crippen LogP contribution in [-0.2, 0) is 14.3 Å². The fraction of sp³-hybridized carbons (Fsp3) is 0.869. The van der Waals surface area contributed by atoms with E-state index in [1.807, 2.05) is 6.08 Å². The molecule has 0 aromatic heterocycles. The number of amides is 1. The quantitative estimate of drug-likeness (QED) is 0.0321. The van der Waals surface area contributed by atoms with E-state index in [9.17, 15) is 19.8 Å². The minimum absolute atomic E-state index is 0.00612. The van der Waals surface area contributed by atoms with E-state index in [1.54, 1.807) is 6.08 Å². The van der Waals surface area contributed by atoms with Gasteiger partial charge in [-0.3, -0.25) is 9.59 Å². The number of aliphatic hydroxyl groups excluding tert-OH is 2. The largest absolute Gasteiger partial charge is 0.466 e. The highest BCUT2D eigenvalue weighted by Crippen LogP contribution is 2.16. The average molecular weight is 943 g/mol. The summed E-state index contributed by atoms with van der Waals surface area (Å²) in [6.45, 7) is 4.89. The van der Waals surface area contributed by atoms with Crippen LogP contribution in [0, 0.1) is 0 Å². The van der Waals surface area contributed by atoms with Crippen LogP contribution in [0.3, 0.4) is 0 Å². The van der Waals surface area contributed by atoms with Crippen molar-refractivity contribution >= 4 is 11.9 Å². The minimum atomic E-state index is -0.853. The summed E-state index contributed by atoms with van der Waals surface area (Å²) < 4.78 is 5.48. The number of ether oxygens (including phenoxy) is 1. The molecule has 2 unspecified atom stereocenters. The van der Waals surface area contributed by atoms with Gasteiger partial charge in [-0.1, -0.05) is 256 Å². The van der Waals surface area contributed by atoms with Crippen LogP contribution in [0.5, 0.6) is 0 Å². The molecule has 0 bridgehead atoms. The molecular formula is C61H115NO5. The lowest BCUT2D eigenvalue weighted by Crippen LogP contribution is -2.45. The Labute approximate surface area is 417 Å². The lowest BCUT2D eigenvalue weighted by molar-refractivity contribution is -0.143. The summed E-state index contributed by atoms with van der Waals surface area (Å²) in [5.74, 6) is -0.0853. The first-order valence-corrected chi connectivity index (χ1v) is 29.8. The second kappa shape index (κ2) is 56.7. The Kier molecular flexibility index (Phi) is 55.0. The van der Waals surface area contributed by atoms with Crippen LogP contribution in [0.4, 0.5) is 0 Å². The monoisotopic (exact) mass is 942 g/mol. The van der Waals surface area contributed by atoms with E-state index in [0.717, 1.165) is 57.8 Å². The van der Waals surface area contributed by atoms with Gasteiger partial charge in [0.2, 0.25) is 5.91 Å². The molecule has 0 fully saturated rings. The number of hydrogen-bond donors (Lipinski definition) is 3. The van der Waals surface area contributed by atoms with Gasteiger partial charge < -0.3 is 20.3 Å². The number of carbonyl (C=O) groups is 2. The molecule has 394 valence electrons. The molecule has 0 heterocycles. The Morgan fingerprint density at radius 3 is 1.06 bits per heavy atom. The van der Waals surface area contributed by atoms with Crippen LogP contribution >= 0.6 is 0 Å². The standard InChI is InChI=1S/C61H115NO5/c1-3-5-7-9-11-13-15-17-19-22-27-31-35-39-43-47-51-55-61(66)67-56-52-48-44-40-36-32-28-24-21-23-26-30-34-38-42-46-50-54-60(65)62-58(57-63)59(64)53-49-45-41-37-33-29-25-20-18-16-14-12-10-8-6-4-2/h17,19,21,24,49,53,58-59,63-64H,3-16,18,20,22-23,25-48,50-52,54-57H2,1-2H3,(H,62,65)/b19-17-,24-21-,53-49+. The maximum Gasteiger partial charge on any atom is 0.305 e. The van der Waals surface area contributed by atoms with Gasteiger partial charge in [0, 0.05) is 12.8 Å². The predicted octanol–water partition coefficient (Wildman–Crippen LogP) is 18.4. The molecule has 0 aliphatic carbocycles. The summed E-state index contributed by atoms with van der Waals surface area (Å²) in [6, 6.07) is -0.637. The highest BCUT2D eigenvalue weighted by Gasteiger charge is 2.18. The number of esters is 1. The van der Waals surface area contributed by atoms with Crippen molar-refractivity contribution in [3.63, 3.8) is 0 Å². The van der Waals surface area contributed by atoms with Crippen molar-refractivity contribution in [2.24, 2.45) is 0 Å². The van der Waals surface area contributed by atoms with Crippen LogP contribution < -0.4 is 5.32 Å². The summed E-state index contributed by atoms with van der Waals surface area (Å²) in [5, 5.41) is 23.1. The number of allylic oxidation sites excluding steroid dienone is 5. The van der Waals surface area contributed by atoms with E-state index in [-0.39, 0.29) is 18.5 Å². The van der Waals surface area contributed by atoms with Crippen molar-refractivity contribution in [1.29, 1.82) is 0 Å². The second-order valence-electron chi connectivity index (χ2n) is 20.3. The normalized spacial score (nSPS) is 12.8. The Balaban J connectivity index is 3.48. The van der Waals surface area contributed by atoms with Crippen molar-refractivity contribution in [1.82, 2.24) is 5.32 Å². The molecule has 6 nitrogen and oxygen atoms in total. The zero-order chi connectivity index (χ0) is 48.6. The summed E-state index contributed by atoms with van der Waals surface area (Å²) >= 11 is 0. The Morgan fingerprint density at radius 1 is 0.403 bits per heavy atom. The molecule has 0 spiro atoms. The first-order chi connectivity index (χ1) is 33.0. The fourth-order valence-electron chi connectivity index (χ4n) is 9.03. The molecule has 3 N–H and O–H groups in total. The molecule has 0 radical (unpaired) electrons. The first kappa shape index (κ1) is 65.1. The van der Waals surface area contributed by atoms with Gasteiger partial charge in [0.25, 0.3) is 0 Å². The summed E-state index contributed by atoms with van der Waals surface area (Å²) in [4.78, 5) is 24.5. The minimum Gasteiger partial charge on any atom is -0.466 e. The lowest BCUT2D eigenvalue weighted by atomic mass is 10.0. The highest BCUT2D eigenvalue weighted by atomic mass is 16.5.